The SMILES string of the molecule is CCCCOC(=O)N[C@@H](Cc1cn(C(c2ccccc2)(c2ccccc2)c2ccccc2)cn1)C(=O)O. The maximum absolute atomic E-state index is 12.1. The zero-order valence-electron chi connectivity index (χ0n) is 20.8. The van der Waals surface area contributed by atoms with Gasteiger partial charge in [-0.05, 0) is 23.1 Å². The van der Waals surface area contributed by atoms with Crippen LogP contribution in [0.4, 0.5) is 4.79 Å². The third-order valence-electron chi connectivity index (χ3n) is 6.33. The van der Waals surface area contributed by atoms with Gasteiger partial charge in [-0.3, -0.25) is 0 Å². The zero-order valence-corrected chi connectivity index (χ0v) is 20.8. The van der Waals surface area contributed by atoms with E-state index in [1.54, 1.807) is 6.33 Å². The second-order valence-electron chi connectivity index (χ2n) is 8.81. The van der Waals surface area contributed by atoms with E-state index in [0.717, 1.165) is 29.5 Å². The van der Waals surface area contributed by atoms with E-state index in [9.17, 15) is 14.7 Å². The van der Waals surface area contributed by atoms with Crippen molar-refractivity contribution in [1.29, 1.82) is 0 Å². The summed E-state index contributed by atoms with van der Waals surface area (Å²) in [6, 6.07) is 29.2. The second kappa shape index (κ2) is 12.0. The Labute approximate surface area is 216 Å². The minimum Gasteiger partial charge on any atom is -0.480 e. The summed E-state index contributed by atoms with van der Waals surface area (Å²) in [7, 11) is 0. The third-order valence-corrected chi connectivity index (χ3v) is 6.33. The molecule has 3 aromatic carbocycles. The van der Waals surface area contributed by atoms with E-state index >= 15 is 0 Å². The summed E-state index contributed by atoms with van der Waals surface area (Å²) in [6.45, 7) is 2.23. The molecule has 0 saturated carbocycles. The van der Waals surface area contributed by atoms with Crippen molar-refractivity contribution in [2.24, 2.45) is 0 Å². The molecule has 0 bridgehead atoms. The number of unbranched alkanes of at least 4 members (excludes halogenated alkanes) is 1. The molecule has 4 rings (SSSR count). The molecule has 0 aliphatic carbocycles. The Kier molecular flexibility index (Phi) is 8.36. The van der Waals surface area contributed by atoms with Gasteiger partial charge in [0.2, 0.25) is 0 Å². The molecule has 0 fully saturated rings. The molecule has 1 heterocycles. The van der Waals surface area contributed by atoms with Crippen molar-refractivity contribution in [2.45, 2.75) is 37.8 Å². The molecule has 1 atom stereocenters. The molecule has 2 N–H and O–H groups in total. The lowest BCUT2D eigenvalue weighted by atomic mass is 9.77. The molecule has 0 saturated heterocycles. The molecular formula is C30H31N3O4. The number of rotatable bonds is 11. The summed E-state index contributed by atoms with van der Waals surface area (Å²) >= 11 is 0. The highest BCUT2D eigenvalue weighted by atomic mass is 16.5. The molecule has 4 aromatic rings. The molecule has 0 aliphatic rings. The number of aliphatic carboxylic acids is 1. The maximum Gasteiger partial charge on any atom is 0.407 e. The number of carbonyl (C=O) groups excluding carboxylic acids is 1. The third kappa shape index (κ3) is 5.72. The van der Waals surface area contributed by atoms with Gasteiger partial charge in [-0.15, -0.1) is 0 Å². The number of nitrogens with one attached hydrogen (secondary N) is 1. The van der Waals surface area contributed by atoms with Gasteiger partial charge in [-0.2, -0.15) is 0 Å². The number of hydrogen-bond donors (Lipinski definition) is 2. The monoisotopic (exact) mass is 497 g/mol. The van der Waals surface area contributed by atoms with Crippen molar-refractivity contribution in [3.8, 4) is 0 Å². The topological polar surface area (TPSA) is 93.5 Å². The normalized spacial score (nSPS) is 12.0. The van der Waals surface area contributed by atoms with Crippen LogP contribution in [0.1, 0.15) is 42.1 Å². The zero-order chi connectivity index (χ0) is 26.1. The number of imidazole rings is 1. The van der Waals surface area contributed by atoms with Gasteiger partial charge in [0, 0.05) is 12.6 Å². The summed E-state index contributed by atoms with van der Waals surface area (Å²) in [4.78, 5) is 28.6. The van der Waals surface area contributed by atoms with Crippen molar-refractivity contribution in [3.05, 3.63) is 126 Å². The molecule has 7 heteroatoms. The predicted octanol–water partition coefficient (Wildman–Crippen LogP) is 5.25. The number of hydrogen-bond acceptors (Lipinski definition) is 4. The Bertz CT molecular complexity index is 1190. The second-order valence-corrected chi connectivity index (χ2v) is 8.81. The highest BCUT2D eigenvalue weighted by Crippen LogP contribution is 2.40. The fourth-order valence-corrected chi connectivity index (χ4v) is 4.54. The number of alkyl carbamates (subject to hydrolysis) is 1. The van der Waals surface area contributed by atoms with Gasteiger partial charge >= 0.3 is 12.1 Å². The first-order valence-corrected chi connectivity index (χ1v) is 12.4. The van der Waals surface area contributed by atoms with Gasteiger partial charge in [0.1, 0.15) is 11.6 Å². The van der Waals surface area contributed by atoms with E-state index in [1.807, 2.05) is 72.3 Å². The highest BCUT2D eigenvalue weighted by Gasteiger charge is 2.38. The number of carboxylic acids is 1. The van der Waals surface area contributed by atoms with Crippen LogP contribution in [0.2, 0.25) is 0 Å². The van der Waals surface area contributed by atoms with E-state index in [-0.39, 0.29) is 13.0 Å². The Morgan fingerprint density at radius 3 is 1.89 bits per heavy atom. The fraction of sp³-hybridized carbons (Fsp3) is 0.233. The molecule has 7 nitrogen and oxygen atoms in total. The first-order chi connectivity index (χ1) is 18.1. The van der Waals surface area contributed by atoms with Gasteiger partial charge in [0.15, 0.2) is 0 Å². The molecule has 190 valence electrons. The molecule has 0 radical (unpaired) electrons. The van der Waals surface area contributed by atoms with Crippen molar-refractivity contribution < 1.29 is 19.4 Å². The van der Waals surface area contributed by atoms with Crippen LogP contribution in [-0.4, -0.2) is 39.4 Å². The van der Waals surface area contributed by atoms with Crippen LogP contribution in [0.15, 0.2) is 104 Å². The summed E-state index contributed by atoms with van der Waals surface area (Å²) in [6.07, 6.45) is 4.44. The first kappa shape index (κ1) is 25.7. The van der Waals surface area contributed by atoms with Crippen LogP contribution < -0.4 is 5.32 Å². The number of ether oxygens (including phenoxy) is 1. The standard InChI is InChI=1S/C30H31N3O4/c1-2-3-19-37-29(36)32-27(28(34)35)20-26-21-33(22-31-26)30(23-13-7-4-8-14-23,24-15-9-5-10-16-24)25-17-11-6-12-18-25/h4-18,21-22,27H,2-3,19-20H2,1H3,(H,32,36)(H,34,35)/t27-/m0/s1. The molecule has 37 heavy (non-hydrogen) atoms. The Morgan fingerprint density at radius 2 is 1.43 bits per heavy atom. The summed E-state index contributed by atoms with van der Waals surface area (Å²) in [5.41, 5.74) is 2.88. The van der Waals surface area contributed by atoms with Crippen LogP contribution in [0.25, 0.3) is 0 Å². The summed E-state index contributed by atoms with van der Waals surface area (Å²) in [5.74, 6) is -1.15. The molecule has 0 aliphatic heterocycles. The average molecular weight is 498 g/mol. The van der Waals surface area contributed by atoms with Crippen LogP contribution in [0.3, 0.4) is 0 Å². The number of carboxylic acid groups (broad SMARTS) is 1. The van der Waals surface area contributed by atoms with E-state index < -0.39 is 23.6 Å². The van der Waals surface area contributed by atoms with Crippen molar-refractivity contribution >= 4 is 12.1 Å². The maximum atomic E-state index is 12.1. The molecular weight excluding hydrogens is 466 g/mol. The van der Waals surface area contributed by atoms with Crippen molar-refractivity contribution in [1.82, 2.24) is 14.9 Å². The van der Waals surface area contributed by atoms with Gasteiger partial charge < -0.3 is 19.7 Å². The quantitative estimate of drug-likeness (QED) is 0.218. The summed E-state index contributed by atoms with van der Waals surface area (Å²) < 4.78 is 7.11. The minimum absolute atomic E-state index is 0.0136. The highest BCUT2D eigenvalue weighted by molar-refractivity contribution is 5.80. The number of nitrogens with zero attached hydrogens (tertiary/aromatic N) is 2. The molecule has 1 amide bonds. The predicted molar refractivity (Wildman–Crippen MR) is 141 cm³/mol. The van der Waals surface area contributed by atoms with Gasteiger partial charge in [-0.1, -0.05) is 104 Å². The minimum atomic E-state index is -1.17. The number of benzene rings is 3. The van der Waals surface area contributed by atoms with Gasteiger partial charge in [0.25, 0.3) is 0 Å². The van der Waals surface area contributed by atoms with Crippen molar-refractivity contribution in [2.75, 3.05) is 6.61 Å². The van der Waals surface area contributed by atoms with Crippen LogP contribution >= 0.6 is 0 Å². The number of aromatic nitrogens is 2. The molecule has 0 spiro atoms. The lowest BCUT2D eigenvalue weighted by molar-refractivity contribution is -0.139. The smallest absolute Gasteiger partial charge is 0.407 e. The van der Waals surface area contributed by atoms with E-state index in [2.05, 4.69) is 46.7 Å². The number of carbonyl (C=O) groups is 2. The lowest BCUT2D eigenvalue weighted by Gasteiger charge is -2.37. The van der Waals surface area contributed by atoms with Crippen LogP contribution in [0.5, 0.6) is 0 Å². The van der Waals surface area contributed by atoms with Crippen LogP contribution in [-0.2, 0) is 21.5 Å². The number of amides is 1. The Morgan fingerprint density at radius 1 is 0.919 bits per heavy atom. The Hall–Kier alpha value is -4.39. The summed E-state index contributed by atoms with van der Waals surface area (Å²) in [5, 5.41) is 12.2. The van der Waals surface area contributed by atoms with E-state index in [1.165, 1.54) is 0 Å². The molecule has 1 aromatic heterocycles. The van der Waals surface area contributed by atoms with Gasteiger partial charge in [0.05, 0.1) is 18.6 Å². The first-order valence-electron chi connectivity index (χ1n) is 12.4. The molecule has 0 unspecified atom stereocenters. The van der Waals surface area contributed by atoms with E-state index in [0.29, 0.717) is 5.69 Å². The van der Waals surface area contributed by atoms with Gasteiger partial charge in [-0.25, -0.2) is 14.6 Å². The van der Waals surface area contributed by atoms with Crippen LogP contribution in [0, 0.1) is 0 Å². The van der Waals surface area contributed by atoms with Crippen molar-refractivity contribution in [3.63, 3.8) is 0 Å². The fourth-order valence-electron chi connectivity index (χ4n) is 4.54. The largest absolute Gasteiger partial charge is 0.480 e. The average Bonchev–Trinajstić information content (AvgIpc) is 3.39. The van der Waals surface area contributed by atoms with E-state index in [4.69, 9.17) is 4.74 Å². The Balaban J connectivity index is 1.75. The lowest BCUT2D eigenvalue weighted by Crippen LogP contribution is -2.42.